The first-order valence-electron chi connectivity index (χ1n) is 7.70. The summed E-state index contributed by atoms with van der Waals surface area (Å²) in [5.74, 6) is 0. The van der Waals surface area contributed by atoms with Gasteiger partial charge in [-0.25, -0.2) is 0 Å². The summed E-state index contributed by atoms with van der Waals surface area (Å²) in [5.41, 5.74) is 6.43. The van der Waals surface area contributed by atoms with Crippen LogP contribution in [0.1, 0.15) is 16.7 Å². The van der Waals surface area contributed by atoms with Gasteiger partial charge in [-0.1, -0.05) is 23.8 Å². The Morgan fingerprint density at radius 3 is 2.86 bits per heavy atom. The molecule has 6 heteroatoms. The highest BCUT2D eigenvalue weighted by molar-refractivity contribution is 7.80. The molecular formula is C16H25N4OS+. The van der Waals surface area contributed by atoms with Gasteiger partial charge in [-0.05, 0) is 37.2 Å². The highest BCUT2D eigenvalue weighted by Gasteiger charge is 2.12. The zero-order chi connectivity index (χ0) is 15.8. The standard InChI is InChI=1S/C16H24N4OS/c1-13-3-4-15(14(2)11-13)12-18-19-16(22)17-5-6-20-7-9-21-10-8-20/h3-4,11-12H,5-10H2,1-2H3,(H2,17,19,22)/p+1/b18-12-. The number of nitrogens with one attached hydrogen (secondary N) is 3. The summed E-state index contributed by atoms with van der Waals surface area (Å²) < 4.78 is 5.34. The zero-order valence-electron chi connectivity index (χ0n) is 13.3. The number of rotatable bonds is 5. The molecule has 0 spiro atoms. The molecule has 0 radical (unpaired) electrons. The molecule has 22 heavy (non-hydrogen) atoms. The first-order chi connectivity index (χ1) is 10.6. The van der Waals surface area contributed by atoms with E-state index in [0.717, 1.165) is 45.0 Å². The Hall–Kier alpha value is -1.50. The van der Waals surface area contributed by atoms with Gasteiger partial charge in [-0.2, -0.15) is 5.10 Å². The average Bonchev–Trinajstić information content (AvgIpc) is 2.50. The summed E-state index contributed by atoms with van der Waals surface area (Å²) in [7, 11) is 0. The second-order valence-electron chi connectivity index (χ2n) is 5.60. The van der Waals surface area contributed by atoms with Gasteiger partial charge in [0.2, 0.25) is 0 Å². The lowest BCUT2D eigenvalue weighted by Gasteiger charge is -2.23. The van der Waals surface area contributed by atoms with E-state index in [1.54, 1.807) is 11.1 Å². The highest BCUT2D eigenvalue weighted by Crippen LogP contribution is 2.07. The van der Waals surface area contributed by atoms with Crippen LogP contribution < -0.4 is 15.6 Å². The molecule has 0 aromatic heterocycles. The summed E-state index contributed by atoms with van der Waals surface area (Å²) in [4.78, 5) is 1.56. The molecule has 0 saturated carbocycles. The van der Waals surface area contributed by atoms with Gasteiger partial charge in [0.15, 0.2) is 5.11 Å². The minimum Gasteiger partial charge on any atom is -0.370 e. The second-order valence-corrected chi connectivity index (χ2v) is 6.01. The third-order valence-corrected chi connectivity index (χ3v) is 3.99. The quantitative estimate of drug-likeness (QED) is 0.406. The number of hydrogen-bond acceptors (Lipinski definition) is 3. The van der Waals surface area contributed by atoms with Crippen molar-refractivity contribution >= 4 is 23.5 Å². The van der Waals surface area contributed by atoms with E-state index >= 15 is 0 Å². The Labute approximate surface area is 137 Å². The molecule has 1 aromatic carbocycles. The molecule has 1 aliphatic rings. The van der Waals surface area contributed by atoms with Crippen LogP contribution >= 0.6 is 12.2 Å². The van der Waals surface area contributed by atoms with E-state index in [0.29, 0.717) is 5.11 Å². The van der Waals surface area contributed by atoms with Crippen LogP contribution in [0.2, 0.25) is 0 Å². The van der Waals surface area contributed by atoms with Crippen molar-refractivity contribution in [3.63, 3.8) is 0 Å². The number of morpholine rings is 1. The fourth-order valence-electron chi connectivity index (χ4n) is 2.43. The summed E-state index contributed by atoms with van der Waals surface area (Å²) >= 11 is 5.22. The minimum absolute atomic E-state index is 0.564. The van der Waals surface area contributed by atoms with Crippen LogP contribution in [-0.4, -0.2) is 50.7 Å². The van der Waals surface area contributed by atoms with Gasteiger partial charge in [0.25, 0.3) is 0 Å². The molecule has 0 aliphatic carbocycles. The second kappa shape index (κ2) is 8.82. The number of hydrogen-bond donors (Lipinski definition) is 3. The number of hydrazone groups is 1. The lowest BCUT2D eigenvalue weighted by atomic mass is 10.1. The van der Waals surface area contributed by atoms with Gasteiger partial charge >= 0.3 is 0 Å². The monoisotopic (exact) mass is 321 g/mol. The van der Waals surface area contributed by atoms with E-state index in [1.165, 1.54) is 11.1 Å². The van der Waals surface area contributed by atoms with Crippen LogP contribution in [0.5, 0.6) is 0 Å². The number of benzene rings is 1. The summed E-state index contributed by atoms with van der Waals surface area (Å²) in [6.07, 6.45) is 1.80. The van der Waals surface area contributed by atoms with Crippen molar-refractivity contribution in [3.8, 4) is 0 Å². The maximum Gasteiger partial charge on any atom is 0.187 e. The fourth-order valence-corrected chi connectivity index (χ4v) is 2.59. The normalized spacial score (nSPS) is 15.9. The Bertz CT molecular complexity index is 527. The van der Waals surface area contributed by atoms with Crippen molar-refractivity contribution in [2.45, 2.75) is 13.8 Å². The third kappa shape index (κ3) is 5.71. The summed E-state index contributed by atoms with van der Waals surface area (Å²) in [5, 5.41) is 7.94. The number of thiocarbonyl (C=S) groups is 1. The van der Waals surface area contributed by atoms with Crippen molar-refractivity contribution in [1.82, 2.24) is 10.7 Å². The van der Waals surface area contributed by atoms with E-state index in [1.807, 2.05) is 0 Å². The van der Waals surface area contributed by atoms with Gasteiger partial charge in [-0.15, -0.1) is 0 Å². The number of aryl methyl sites for hydroxylation is 2. The van der Waals surface area contributed by atoms with Crippen LogP contribution in [0.25, 0.3) is 0 Å². The molecule has 1 saturated heterocycles. The predicted octanol–water partition coefficient (Wildman–Crippen LogP) is 0.0165. The first kappa shape index (κ1) is 16.9. The largest absolute Gasteiger partial charge is 0.370 e. The third-order valence-electron chi connectivity index (χ3n) is 3.76. The molecular weight excluding hydrogens is 296 g/mol. The molecule has 1 fully saturated rings. The lowest BCUT2D eigenvalue weighted by molar-refractivity contribution is -0.906. The van der Waals surface area contributed by atoms with Crippen molar-refractivity contribution < 1.29 is 9.64 Å². The van der Waals surface area contributed by atoms with E-state index in [9.17, 15) is 0 Å². The molecule has 1 heterocycles. The van der Waals surface area contributed by atoms with Crippen molar-refractivity contribution in [2.75, 3.05) is 39.4 Å². The molecule has 0 bridgehead atoms. The summed E-state index contributed by atoms with van der Waals surface area (Å²) in [6, 6.07) is 6.28. The lowest BCUT2D eigenvalue weighted by Crippen LogP contribution is -3.14. The SMILES string of the molecule is Cc1ccc(/C=N\NC(=S)NCC[NH+]2CCOCC2)c(C)c1. The van der Waals surface area contributed by atoms with Crippen LogP contribution in [0.15, 0.2) is 23.3 Å². The van der Waals surface area contributed by atoms with E-state index in [-0.39, 0.29) is 0 Å². The first-order valence-corrected chi connectivity index (χ1v) is 8.11. The number of ether oxygens (including phenoxy) is 1. The van der Waals surface area contributed by atoms with Crippen molar-refractivity contribution in [2.24, 2.45) is 5.10 Å². The molecule has 5 nitrogen and oxygen atoms in total. The summed E-state index contributed by atoms with van der Waals surface area (Å²) in [6.45, 7) is 9.93. The van der Waals surface area contributed by atoms with Crippen molar-refractivity contribution in [3.05, 3.63) is 34.9 Å². The molecule has 1 aromatic rings. The Balaban J connectivity index is 1.67. The predicted molar refractivity (Wildman–Crippen MR) is 93.6 cm³/mol. The zero-order valence-corrected chi connectivity index (χ0v) is 14.1. The van der Waals surface area contributed by atoms with Gasteiger partial charge in [0.05, 0.1) is 32.5 Å². The van der Waals surface area contributed by atoms with Gasteiger partial charge in [-0.3, -0.25) is 5.43 Å². The van der Waals surface area contributed by atoms with Gasteiger partial charge in [0.1, 0.15) is 13.1 Å². The molecule has 0 amide bonds. The molecule has 0 atom stereocenters. The topological polar surface area (TPSA) is 50.1 Å². The smallest absolute Gasteiger partial charge is 0.187 e. The van der Waals surface area contributed by atoms with Crippen LogP contribution in [-0.2, 0) is 4.74 Å². The average molecular weight is 321 g/mol. The molecule has 2 rings (SSSR count). The number of nitrogens with zero attached hydrogens (tertiary/aromatic N) is 1. The number of quaternary nitrogens is 1. The van der Waals surface area contributed by atoms with Crippen LogP contribution in [0.4, 0.5) is 0 Å². The maximum absolute atomic E-state index is 5.34. The van der Waals surface area contributed by atoms with E-state index in [4.69, 9.17) is 17.0 Å². The Kier molecular flexibility index (Phi) is 6.76. The van der Waals surface area contributed by atoms with E-state index in [2.05, 4.69) is 47.9 Å². The van der Waals surface area contributed by atoms with Gasteiger partial charge < -0.3 is 15.0 Å². The van der Waals surface area contributed by atoms with Crippen molar-refractivity contribution in [1.29, 1.82) is 0 Å². The van der Waals surface area contributed by atoms with Crippen LogP contribution in [0.3, 0.4) is 0 Å². The molecule has 0 unspecified atom stereocenters. The molecule has 3 N–H and O–H groups in total. The van der Waals surface area contributed by atoms with E-state index < -0.39 is 0 Å². The Morgan fingerprint density at radius 2 is 2.14 bits per heavy atom. The van der Waals surface area contributed by atoms with Gasteiger partial charge in [0, 0.05) is 0 Å². The van der Waals surface area contributed by atoms with Crippen LogP contribution in [0, 0.1) is 13.8 Å². The maximum atomic E-state index is 5.34. The fraction of sp³-hybridized carbons (Fsp3) is 0.500. The minimum atomic E-state index is 0.564. The molecule has 1 aliphatic heterocycles. The highest BCUT2D eigenvalue weighted by atomic mass is 32.1. The Morgan fingerprint density at radius 1 is 1.36 bits per heavy atom. The molecule has 120 valence electrons.